The van der Waals surface area contributed by atoms with E-state index in [9.17, 15) is 9.59 Å². The van der Waals surface area contributed by atoms with Crippen LogP contribution in [-0.2, 0) is 9.59 Å². The molecule has 0 aromatic rings. The average Bonchev–Trinajstić information content (AvgIpc) is 1.98. The Balaban J connectivity index is 3.63. The first-order chi connectivity index (χ1) is 5.93. The summed E-state index contributed by atoms with van der Waals surface area (Å²) in [5.41, 5.74) is 0. The molecule has 2 atom stereocenters. The van der Waals surface area contributed by atoms with Crippen molar-refractivity contribution in [1.29, 1.82) is 0 Å². The summed E-state index contributed by atoms with van der Waals surface area (Å²) in [6.45, 7) is 5.36. The maximum atomic E-state index is 10.9. The Kier molecular flexibility index (Phi) is 5.35. The van der Waals surface area contributed by atoms with Gasteiger partial charge in [0, 0.05) is 12.3 Å². The SMILES string of the molecule is CC(=O)C(C)CCC(C)CC(=O)O. The van der Waals surface area contributed by atoms with Crippen molar-refractivity contribution >= 4 is 11.8 Å². The van der Waals surface area contributed by atoms with E-state index in [1.54, 1.807) is 6.92 Å². The van der Waals surface area contributed by atoms with E-state index in [1.807, 2.05) is 13.8 Å². The summed E-state index contributed by atoms with van der Waals surface area (Å²) < 4.78 is 0. The summed E-state index contributed by atoms with van der Waals surface area (Å²) in [4.78, 5) is 21.2. The quantitative estimate of drug-likeness (QED) is 0.691. The number of Topliss-reactive ketones (excluding diaryl/α,β-unsaturated/α-hetero) is 1. The van der Waals surface area contributed by atoms with Crippen LogP contribution >= 0.6 is 0 Å². The molecule has 0 aliphatic rings. The van der Waals surface area contributed by atoms with E-state index in [2.05, 4.69) is 0 Å². The van der Waals surface area contributed by atoms with Crippen LogP contribution in [0.5, 0.6) is 0 Å². The zero-order chi connectivity index (χ0) is 10.4. The highest BCUT2D eigenvalue weighted by atomic mass is 16.4. The van der Waals surface area contributed by atoms with Crippen LogP contribution in [0.15, 0.2) is 0 Å². The second kappa shape index (κ2) is 5.73. The fourth-order valence-electron chi connectivity index (χ4n) is 1.14. The third-order valence-corrected chi connectivity index (χ3v) is 2.31. The van der Waals surface area contributed by atoms with Gasteiger partial charge in [0.1, 0.15) is 5.78 Å². The summed E-state index contributed by atoms with van der Waals surface area (Å²) in [6, 6.07) is 0. The van der Waals surface area contributed by atoms with Gasteiger partial charge in [-0.1, -0.05) is 13.8 Å². The van der Waals surface area contributed by atoms with Crippen molar-refractivity contribution in [2.45, 2.75) is 40.0 Å². The minimum Gasteiger partial charge on any atom is -0.481 e. The number of ketones is 1. The van der Waals surface area contributed by atoms with Gasteiger partial charge in [-0.3, -0.25) is 9.59 Å². The van der Waals surface area contributed by atoms with Crippen LogP contribution in [-0.4, -0.2) is 16.9 Å². The summed E-state index contributed by atoms with van der Waals surface area (Å²) in [6.07, 6.45) is 1.81. The van der Waals surface area contributed by atoms with Crippen LogP contribution in [0.4, 0.5) is 0 Å². The molecule has 0 amide bonds. The molecule has 0 aliphatic heterocycles. The fraction of sp³-hybridized carbons (Fsp3) is 0.800. The maximum absolute atomic E-state index is 10.9. The zero-order valence-electron chi connectivity index (χ0n) is 8.54. The first-order valence-corrected chi connectivity index (χ1v) is 4.65. The normalized spacial score (nSPS) is 15.0. The monoisotopic (exact) mass is 186 g/mol. The molecule has 0 aromatic carbocycles. The Labute approximate surface area is 79.1 Å². The van der Waals surface area contributed by atoms with Crippen molar-refractivity contribution in [2.75, 3.05) is 0 Å². The van der Waals surface area contributed by atoms with E-state index >= 15 is 0 Å². The van der Waals surface area contributed by atoms with Gasteiger partial charge in [-0.05, 0) is 25.7 Å². The number of carboxylic acids is 1. The molecule has 0 fully saturated rings. The molecular formula is C10H18O3. The topological polar surface area (TPSA) is 54.4 Å². The predicted molar refractivity (Wildman–Crippen MR) is 50.5 cm³/mol. The van der Waals surface area contributed by atoms with Gasteiger partial charge >= 0.3 is 5.97 Å². The molecule has 0 rings (SSSR count). The van der Waals surface area contributed by atoms with Crippen molar-refractivity contribution in [3.8, 4) is 0 Å². The summed E-state index contributed by atoms with van der Waals surface area (Å²) in [5, 5.41) is 8.49. The van der Waals surface area contributed by atoms with Gasteiger partial charge in [0.15, 0.2) is 0 Å². The molecule has 0 aliphatic carbocycles. The molecule has 0 radical (unpaired) electrons. The predicted octanol–water partition coefficient (Wildman–Crippen LogP) is 2.10. The van der Waals surface area contributed by atoms with Crippen molar-refractivity contribution < 1.29 is 14.7 Å². The van der Waals surface area contributed by atoms with E-state index in [-0.39, 0.29) is 24.0 Å². The van der Waals surface area contributed by atoms with Crippen LogP contribution in [0.2, 0.25) is 0 Å². The summed E-state index contributed by atoms with van der Waals surface area (Å²) >= 11 is 0. The molecule has 0 bridgehead atoms. The van der Waals surface area contributed by atoms with Crippen molar-refractivity contribution in [1.82, 2.24) is 0 Å². The Hall–Kier alpha value is -0.860. The zero-order valence-corrected chi connectivity index (χ0v) is 8.54. The van der Waals surface area contributed by atoms with Gasteiger partial charge in [0.25, 0.3) is 0 Å². The summed E-state index contributed by atoms with van der Waals surface area (Å²) in [7, 11) is 0. The molecule has 2 unspecified atom stereocenters. The smallest absolute Gasteiger partial charge is 0.303 e. The average molecular weight is 186 g/mol. The minimum absolute atomic E-state index is 0.0660. The maximum Gasteiger partial charge on any atom is 0.303 e. The van der Waals surface area contributed by atoms with Crippen LogP contribution < -0.4 is 0 Å². The van der Waals surface area contributed by atoms with Crippen molar-refractivity contribution in [2.24, 2.45) is 11.8 Å². The van der Waals surface area contributed by atoms with Gasteiger partial charge in [0.2, 0.25) is 0 Å². The van der Waals surface area contributed by atoms with Gasteiger partial charge < -0.3 is 5.11 Å². The molecule has 13 heavy (non-hydrogen) atoms. The highest BCUT2D eigenvalue weighted by Gasteiger charge is 2.12. The lowest BCUT2D eigenvalue weighted by Crippen LogP contribution is -2.10. The number of aliphatic carboxylic acids is 1. The number of hydrogen-bond acceptors (Lipinski definition) is 2. The lowest BCUT2D eigenvalue weighted by molar-refractivity contribution is -0.138. The molecule has 0 saturated heterocycles. The third-order valence-electron chi connectivity index (χ3n) is 2.31. The first-order valence-electron chi connectivity index (χ1n) is 4.65. The number of carboxylic acid groups (broad SMARTS) is 1. The molecular weight excluding hydrogens is 168 g/mol. The fourth-order valence-corrected chi connectivity index (χ4v) is 1.14. The Morgan fingerprint density at radius 2 is 1.77 bits per heavy atom. The third kappa shape index (κ3) is 6.31. The molecule has 3 heteroatoms. The lowest BCUT2D eigenvalue weighted by atomic mass is 9.94. The first kappa shape index (κ1) is 12.1. The van der Waals surface area contributed by atoms with Gasteiger partial charge in [-0.2, -0.15) is 0 Å². The molecule has 3 nitrogen and oxygen atoms in total. The van der Waals surface area contributed by atoms with Crippen LogP contribution in [0.3, 0.4) is 0 Å². The molecule has 0 aromatic heterocycles. The summed E-state index contributed by atoms with van der Waals surface area (Å²) in [5.74, 6) is -0.346. The van der Waals surface area contributed by atoms with E-state index in [0.29, 0.717) is 0 Å². The minimum atomic E-state index is -0.761. The van der Waals surface area contributed by atoms with E-state index in [4.69, 9.17) is 5.11 Å². The largest absolute Gasteiger partial charge is 0.481 e. The van der Waals surface area contributed by atoms with Gasteiger partial charge in [-0.15, -0.1) is 0 Å². The van der Waals surface area contributed by atoms with E-state index < -0.39 is 5.97 Å². The lowest BCUT2D eigenvalue weighted by Gasteiger charge is -2.11. The highest BCUT2D eigenvalue weighted by molar-refractivity contribution is 5.77. The van der Waals surface area contributed by atoms with E-state index in [1.165, 1.54) is 0 Å². The van der Waals surface area contributed by atoms with Crippen LogP contribution in [0, 0.1) is 11.8 Å². The molecule has 76 valence electrons. The van der Waals surface area contributed by atoms with E-state index in [0.717, 1.165) is 12.8 Å². The van der Waals surface area contributed by atoms with Gasteiger partial charge in [-0.25, -0.2) is 0 Å². The van der Waals surface area contributed by atoms with Crippen LogP contribution in [0.1, 0.15) is 40.0 Å². The molecule has 0 spiro atoms. The molecule has 0 saturated carbocycles. The Bertz CT molecular complexity index is 187. The number of carbonyl (C=O) groups is 2. The number of rotatable bonds is 6. The Morgan fingerprint density at radius 3 is 2.15 bits per heavy atom. The Morgan fingerprint density at radius 1 is 1.23 bits per heavy atom. The van der Waals surface area contributed by atoms with Crippen LogP contribution in [0.25, 0.3) is 0 Å². The van der Waals surface area contributed by atoms with Gasteiger partial charge in [0.05, 0.1) is 0 Å². The highest BCUT2D eigenvalue weighted by Crippen LogP contribution is 2.15. The molecule has 0 heterocycles. The molecule has 1 N–H and O–H groups in total. The second-order valence-electron chi connectivity index (χ2n) is 3.79. The number of carbonyl (C=O) groups excluding carboxylic acids is 1. The number of hydrogen-bond donors (Lipinski definition) is 1. The van der Waals surface area contributed by atoms with Crippen molar-refractivity contribution in [3.63, 3.8) is 0 Å². The second-order valence-corrected chi connectivity index (χ2v) is 3.79. The van der Waals surface area contributed by atoms with Crippen molar-refractivity contribution in [3.05, 3.63) is 0 Å². The standard InChI is InChI=1S/C10H18O3/c1-7(6-10(12)13)4-5-8(2)9(3)11/h7-8H,4-6H2,1-3H3,(H,12,13).